The van der Waals surface area contributed by atoms with Crippen LogP contribution in [0.4, 0.5) is 0 Å². The topological polar surface area (TPSA) is 59.3 Å². The number of carbonyl (C=O) groups is 1. The molecule has 0 aliphatic heterocycles. The molecule has 1 aromatic carbocycles. The second-order valence-electron chi connectivity index (χ2n) is 12.0. The molecule has 3 rings (SSSR count). The Hall–Kier alpha value is -2.02. The van der Waals surface area contributed by atoms with Crippen molar-refractivity contribution in [1.29, 1.82) is 5.26 Å². The Kier molecular flexibility index (Phi) is 14.1. The lowest BCUT2D eigenvalue weighted by Gasteiger charge is -2.37. The molecule has 2 aliphatic rings. The predicted molar refractivity (Wildman–Crippen MR) is 155 cm³/mol. The Morgan fingerprint density at radius 1 is 0.816 bits per heavy atom. The summed E-state index contributed by atoms with van der Waals surface area (Å²) in [6.07, 6.45) is 24.1. The van der Waals surface area contributed by atoms with Crippen molar-refractivity contribution in [2.24, 2.45) is 17.8 Å². The number of nitrogens with zero attached hydrogens (tertiary/aromatic N) is 1. The van der Waals surface area contributed by atoms with Gasteiger partial charge in [-0.05, 0) is 80.9 Å². The monoisotopic (exact) mass is 523 g/mol. The standard InChI is InChI=1S/C34H53NO3/c1-3-5-7-8-9-10-12-24-37-33-23-20-30(25-31(33)26-35)34(36)38-32-21-18-29(19-22-32)28-16-14-27(15-17-28)13-11-6-4-2/h20,23,25,27-29,32H,3-19,21-22,24H2,1-2H3. The van der Waals surface area contributed by atoms with Gasteiger partial charge in [-0.3, -0.25) is 0 Å². The quantitative estimate of drug-likeness (QED) is 0.160. The molecule has 0 atom stereocenters. The van der Waals surface area contributed by atoms with Gasteiger partial charge < -0.3 is 9.47 Å². The predicted octanol–water partition coefficient (Wildman–Crippen LogP) is 9.79. The van der Waals surface area contributed by atoms with Gasteiger partial charge in [-0.2, -0.15) is 5.26 Å². The average Bonchev–Trinajstić information content (AvgIpc) is 2.95. The van der Waals surface area contributed by atoms with Gasteiger partial charge in [-0.15, -0.1) is 0 Å². The van der Waals surface area contributed by atoms with Crippen molar-refractivity contribution in [2.45, 2.75) is 142 Å². The van der Waals surface area contributed by atoms with Crippen molar-refractivity contribution in [1.82, 2.24) is 0 Å². The zero-order valence-corrected chi connectivity index (χ0v) is 24.4. The van der Waals surface area contributed by atoms with E-state index in [0.717, 1.165) is 43.4 Å². The van der Waals surface area contributed by atoms with E-state index in [1.807, 2.05) is 0 Å². The minimum Gasteiger partial charge on any atom is -0.492 e. The van der Waals surface area contributed by atoms with Crippen molar-refractivity contribution in [2.75, 3.05) is 6.61 Å². The molecule has 2 fully saturated rings. The first-order valence-corrected chi connectivity index (χ1v) is 16.0. The fraction of sp³-hybridized carbons (Fsp3) is 0.765. The summed E-state index contributed by atoms with van der Waals surface area (Å²) >= 11 is 0. The number of benzene rings is 1. The zero-order chi connectivity index (χ0) is 27.0. The molecule has 0 spiro atoms. The molecule has 2 aliphatic carbocycles. The van der Waals surface area contributed by atoms with E-state index in [1.54, 1.807) is 18.2 Å². The highest BCUT2D eigenvalue weighted by Crippen LogP contribution is 2.41. The third-order valence-corrected chi connectivity index (χ3v) is 9.11. The van der Waals surface area contributed by atoms with E-state index >= 15 is 0 Å². The molecule has 0 N–H and O–H groups in total. The van der Waals surface area contributed by atoms with Crippen molar-refractivity contribution < 1.29 is 14.3 Å². The normalized spacial score (nSPS) is 23.5. The van der Waals surface area contributed by atoms with Crippen LogP contribution in [0, 0.1) is 29.1 Å². The summed E-state index contributed by atoms with van der Waals surface area (Å²) in [4.78, 5) is 12.9. The van der Waals surface area contributed by atoms with Crippen LogP contribution < -0.4 is 4.74 Å². The summed E-state index contributed by atoms with van der Waals surface area (Å²) in [5.41, 5.74) is 0.866. The molecular weight excluding hydrogens is 470 g/mol. The van der Waals surface area contributed by atoms with E-state index in [-0.39, 0.29) is 12.1 Å². The van der Waals surface area contributed by atoms with Crippen molar-refractivity contribution in [3.63, 3.8) is 0 Å². The molecule has 38 heavy (non-hydrogen) atoms. The van der Waals surface area contributed by atoms with Gasteiger partial charge >= 0.3 is 5.97 Å². The first-order chi connectivity index (χ1) is 18.6. The van der Waals surface area contributed by atoms with E-state index in [4.69, 9.17) is 9.47 Å². The van der Waals surface area contributed by atoms with Gasteiger partial charge in [0.2, 0.25) is 0 Å². The van der Waals surface area contributed by atoms with E-state index < -0.39 is 0 Å². The highest BCUT2D eigenvalue weighted by atomic mass is 16.5. The Labute approximate surface area is 232 Å². The number of carbonyl (C=O) groups excluding carboxylic acids is 1. The summed E-state index contributed by atoms with van der Waals surface area (Å²) in [5, 5.41) is 9.61. The second kappa shape index (κ2) is 17.5. The molecule has 4 heteroatoms. The van der Waals surface area contributed by atoms with Crippen molar-refractivity contribution in [3.8, 4) is 11.8 Å². The SMILES string of the molecule is CCCCCCCCCOc1ccc(C(=O)OC2CCC(C3CCC(CCCCC)CC3)CC2)cc1C#N. The van der Waals surface area contributed by atoms with Gasteiger partial charge in [0.05, 0.1) is 17.7 Å². The van der Waals surface area contributed by atoms with Crippen molar-refractivity contribution in [3.05, 3.63) is 29.3 Å². The maximum absolute atomic E-state index is 12.9. The first-order valence-electron chi connectivity index (χ1n) is 16.0. The molecule has 0 radical (unpaired) electrons. The van der Waals surface area contributed by atoms with Gasteiger partial charge in [0.25, 0.3) is 0 Å². The van der Waals surface area contributed by atoms with Crippen LogP contribution in [0.25, 0.3) is 0 Å². The lowest BCUT2D eigenvalue weighted by Crippen LogP contribution is -2.29. The van der Waals surface area contributed by atoms with Crippen LogP contribution in [-0.4, -0.2) is 18.7 Å². The number of hydrogen-bond donors (Lipinski definition) is 0. The van der Waals surface area contributed by atoms with Crippen LogP contribution in [0.3, 0.4) is 0 Å². The Morgan fingerprint density at radius 3 is 2.08 bits per heavy atom. The van der Waals surface area contributed by atoms with Crippen LogP contribution >= 0.6 is 0 Å². The van der Waals surface area contributed by atoms with E-state index in [2.05, 4.69) is 19.9 Å². The van der Waals surface area contributed by atoms with Crippen LogP contribution in [0.2, 0.25) is 0 Å². The number of esters is 1. The summed E-state index contributed by atoms with van der Waals surface area (Å²) in [6, 6.07) is 7.33. The first kappa shape index (κ1) is 30.5. The third kappa shape index (κ3) is 10.3. The fourth-order valence-corrected chi connectivity index (χ4v) is 6.64. The highest BCUT2D eigenvalue weighted by molar-refractivity contribution is 5.90. The molecule has 212 valence electrons. The molecule has 0 amide bonds. The molecule has 0 saturated heterocycles. The molecule has 0 unspecified atom stereocenters. The third-order valence-electron chi connectivity index (χ3n) is 9.11. The average molecular weight is 524 g/mol. The maximum atomic E-state index is 12.9. The van der Waals surface area contributed by atoms with E-state index in [1.165, 1.54) is 96.3 Å². The molecule has 0 heterocycles. The van der Waals surface area contributed by atoms with E-state index in [9.17, 15) is 10.1 Å². The van der Waals surface area contributed by atoms with Crippen LogP contribution in [0.1, 0.15) is 152 Å². The van der Waals surface area contributed by atoms with Gasteiger partial charge in [-0.1, -0.05) is 90.9 Å². The van der Waals surface area contributed by atoms with Gasteiger partial charge in [-0.25, -0.2) is 4.79 Å². The summed E-state index contributed by atoms with van der Waals surface area (Å²) in [5.74, 6) is 2.90. The number of hydrogen-bond acceptors (Lipinski definition) is 4. The maximum Gasteiger partial charge on any atom is 0.338 e. The highest BCUT2D eigenvalue weighted by Gasteiger charge is 2.32. The largest absolute Gasteiger partial charge is 0.492 e. The van der Waals surface area contributed by atoms with Gasteiger partial charge in [0, 0.05) is 0 Å². The number of rotatable bonds is 16. The van der Waals surface area contributed by atoms with Gasteiger partial charge in [0.15, 0.2) is 0 Å². The van der Waals surface area contributed by atoms with Crippen LogP contribution in [0.5, 0.6) is 5.75 Å². The van der Waals surface area contributed by atoms with Crippen LogP contribution in [0.15, 0.2) is 18.2 Å². The lowest BCUT2D eigenvalue weighted by molar-refractivity contribution is 0.0109. The lowest BCUT2D eigenvalue weighted by atomic mass is 9.70. The summed E-state index contributed by atoms with van der Waals surface area (Å²) < 4.78 is 11.8. The minimum absolute atomic E-state index is 0.00271. The molecule has 1 aromatic rings. The number of ether oxygens (including phenoxy) is 2. The fourth-order valence-electron chi connectivity index (χ4n) is 6.64. The van der Waals surface area contributed by atoms with Crippen LogP contribution in [-0.2, 0) is 4.74 Å². The molecular formula is C34H53NO3. The molecule has 0 bridgehead atoms. The summed E-state index contributed by atoms with van der Waals surface area (Å²) in [7, 11) is 0. The summed E-state index contributed by atoms with van der Waals surface area (Å²) in [6.45, 7) is 5.13. The molecule has 4 nitrogen and oxygen atoms in total. The van der Waals surface area contributed by atoms with Gasteiger partial charge in [0.1, 0.15) is 17.9 Å². The molecule has 2 saturated carbocycles. The van der Waals surface area contributed by atoms with Crippen molar-refractivity contribution >= 4 is 5.97 Å². The number of nitriles is 1. The number of unbranched alkanes of at least 4 members (excludes halogenated alkanes) is 8. The Morgan fingerprint density at radius 2 is 1.42 bits per heavy atom. The Balaban J connectivity index is 1.36. The second-order valence-corrected chi connectivity index (χ2v) is 12.0. The smallest absolute Gasteiger partial charge is 0.338 e. The zero-order valence-electron chi connectivity index (χ0n) is 24.4. The van der Waals surface area contributed by atoms with E-state index in [0.29, 0.717) is 23.5 Å². The minimum atomic E-state index is -0.309. The Bertz CT molecular complexity index is 844. The molecule has 0 aromatic heterocycles.